The molecule has 0 aliphatic carbocycles. The van der Waals surface area contributed by atoms with E-state index < -0.39 is 0 Å². The molecule has 0 amide bonds. The third-order valence-electron chi connectivity index (χ3n) is 4.38. The van der Waals surface area contributed by atoms with Gasteiger partial charge >= 0.3 is 5.69 Å². The number of hydrogen-bond donors (Lipinski definition) is 0. The van der Waals surface area contributed by atoms with Gasteiger partial charge in [-0.25, -0.2) is 4.79 Å². The molecule has 0 unspecified atom stereocenters. The van der Waals surface area contributed by atoms with Crippen molar-refractivity contribution >= 4 is 11.0 Å². The maximum atomic E-state index is 12.7. The van der Waals surface area contributed by atoms with Gasteiger partial charge in [-0.15, -0.1) is 0 Å². The molecule has 2 aromatic carbocycles. The lowest BCUT2D eigenvalue weighted by atomic mass is 9.96. The van der Waals surface area contributed by atoms with Crippen molar-refractivity contribution in [3.05, 3.63) is 58.0 Å². The van der Waals surface area contributed by atoms with E-state index in [0.29, 0.717) is 12.1 Å². The molecular formula is C21H23N3O. The number of aromatic nitrogens is 2. The van der Waals surface area contributed by atoms with Crippen molar-refractivity contribution in [1.82, 2.24) is 9.13 Å². The third kappa shape index (κ3) is 3.10. The molecule has 0 atom stereocenters. The monoisotopic (exact) mass is 333 g/mol. The fourth-order valence-electron chi connectivity index (χ4n) is 3.20. The summed E-state index contributed by atoms with van der Waals surface area (Å²) in [6, 6.07) is 14.1. The Kier molecular flexibility index (Phi) is 4.04. The quantitative estimate of drug-likeness (QED) is 0.704. The fourth-order valence-corrected chi connectivity index (χ4v) is 3.20. The van der Waals surface area contributed by atoms with E-state index in [1.54, 1.807) is 11.6 Å². The lowest BCUT2D eigenvalue weighted by molar-refractivity contribution is 0.342. The SMILES string of the molecule is Cc1ccc(C#N)c(-c2ccc3c(c2)n(C)c(=O)n3CC(C)(C)C)c1. The van der Waals surface area contributed by atoms with Gasteiger partial charge in [-0.3, -0.25) is 9.13 Å². The lowest BCUT2D eigenvalue weighted by Gasteiger charge is -2.18. The molecular weight excluding hydrogens is 310 g/mol. The van der Waals surface area contributed by atoms with Crippen LogP contribution in [0.25, 0.3) is 22.2 Å². The highest BCUT2D eigenvalue weighted by Gasteiger charge is 2.18. The molecule has 0 aliphatic rings. The highest BCUT2D eigenvalue weighted by molar-refractivity contribution is 5.84. The summed E-state index contributed by atoms with van der Waals surface area (Å²) in [6.45, 7) is 9.05. The lowest BCUT2D eigenvalue weighted by Crippen LogP contribution is -2.27. The zero-order valence-electron chi connectivity index (χ0n) is 15.4. The van der Waals surface area contributed by atoms with Crippen molar-refractivity contribution < 1.29 is 0 Å². The maximum Gasteiger partial charge on any atom is 0.328 e. The maximum absolute atomic E-state index is 12.7. The summed E-state index contributed by atoms with van der Waals surface area (Å²) < 4.78 is 3.52. The van der Waals surface area contributed by atoms with Crippen LogP contribution in [0.4, 0.5) is 0 Å². The highest BCUT2D eigenvalue weighted by atomic mass is 16.1. The van der Waals surface area contributed by atoms with Gasteiger partial charge in [0.15, 0.2) is 0 Å². The molecule has 0 bridgehead atoms. The molecule has 0 saturated heterocycles. The van der Waals surface area contributed by atoms with Crippen molar-refractivity contribution in [3.63, 3.8) is 0 Å². The molecule has 1 heterocycles. The van der Waals surface area contributed by atoms with Crippen LogP contribution in [0.2, 0.25) is 0 Å². The summed E-state index contributed by atoms with van der Waals surface area (Å²) in [5.41, 5.74) is 5.43. The summed E-state index contributed by atoms with van der Waals surface area (Å²) >= 11 is 0. The van der Waals surface area contributed by atoms with Crippen LogP contribution in [0, 0.1) is 23.7 Å². The Morgan fingerprint density at radius 1 is 1.08 bits per heavy atom. The van der Waals surface area contributed by atoms with Crippen LogP contribution in [0.5, 0.6) is 0 Å². The van der Waals surface area contributed by atoms with Crippen molar-refractivity contribution in [2.45, 2.75) is 34.2 Å². The van der Waals surface area contributed by atoms with Gasteiger partial charge in [-0.2, -0.15) is 5.26 Å². The standard InChI is InChI=1S/C21H23N3O/c1-14-6-7-16(12-22)17(10-14)15-8-9-18-19(11-15)23(5)20(25)24(18)13-21(2,3)4/h6-11H,13H2,1-5H3. The second kappa shape index (κ2) is 5.93. The molecule has 0 N–H and O–H groups in total. The summed E-state index contributed by atoms with van der Waals surface area (Å²) in [4.78, 5) is 12.7. The van der Waals surface area contributed by atoms with Crippen molar-refractivity contribution in [3.8, 4) is 17.2 Å². The number of hydrogen-bond acceptors (Lipinski definition) is 2. The predicted molar refractivity (Wildman–Crippen MR) is 102 cm³/mol. The fraction of sp³-hybridized carbons (Fsp3) is 0.333. The van der Waals surface area contributed by atoms with Crippen molar-refractivity contribution in [2.75, 3.05) is 0 Å². The molecule has 0 fully saturated rings. The molecule has 25 heavy (non-hydrogen) atoms. The second-order valence-corrected chi connectivity index (χ2v) is 7.85. The molecule has 1 aromatic heterocycles. The number of fused-ring (bicyclic) bond motifs is 1. The Balaban J connectivity index is 2.24. The first kappa shape index (κ1) is 17.0. The van der Waals surface area contributed by atoms with Crippen LogP contribution in [0.3, 0.4) is 0 Å². The van der Waals surface area contributed by atoms with Crippen molar-refractivity contribution in [2.24, 2.45) is 12.5 Å². The van der Waals surface area contributed by atoms with E-state index in [2.05, 4.69) is 26.8 Å². The minimum Gasteiger partial charge on any atom is -0.295 e. The molecule has 3 rings (SSSR count). The molecule has 3 aromatic rings. The van der Waals surface area contributed by atoms with Crippen LogP contribution >= 0.6 is 0 Å². The van der Waals surface area contributed by atoms with Crippen LogP contribution < -0.4 is 5.69 Å². The van der Waals surface area contributed by atoms with E-state index in [1.165, 1.54) is 0 Å². The van der Waals surface area contributed by atoms with Gasteiger partial charge in [-0.1, -0.05) is 44.5 Å². The van der Waals surface area contributed by atoms with E-state index in [1.807, 2.05) is 47.9 Å². The summed E-state index contributed by atoms with van der Waals surface area (Å²) in [5.74, 6) is 0. The van der Waals surface area contributed by atoms with Gasteiger partial charge in [0.2, 0.25) is 0 Å². The molecule has 0 radical (unpaired) electrons. The van der Waals surface area contributed by atoms with E-state index in [9.17, 15) is 10.1 Å². The van der Waals surface area contributed by atoms with Crippen LogP contribution in [0.15, 0.2) is 41.2 Å². The Morgan fingerprint density at radius 2 is 1.80 bits per heavy atom. The smallest absolute Gasteiger partial charge is 0.295 e. The predicted octanol–water partition coefficient (Wildman–Crippen LogP) is 4.23. The van der Waals surface area contributed by atoms with E-state index >= 15 is 0 Å². The van der Waals surface area contributed by atoms with Crippen LogP contribution in [-0.2, 0) is 13.6 Å². The van der Waals surface area contributed by atoms with Gasteiger partial charge in [0.25, 0.3) is 0 Å². The Hall–Kier alpha value is -2.80. The number of nitrogens with zero attached hydrogens (tertiary/aromatic N) is 3. The summed E-state index contributed by atoms with van der Waals surface area (Å²) in [6.07, 6.45) is 0. The van der Waals surface area contributed by atoms with E-state index in [4.69, 9.17) is 0 Å². The van der Waals surface area contributed by atoms with Crippen LogP contribution in [-0.4, -0.2) is 9.13 Å². The first-order valence-corrected chi connectivity index (χ1v) is 8.42. The average molecular weight is 333 g/mol. The zero-order chi connectivity index (χ0) is 18.4. The zero-order valence-corrected chi connectivity index (χ0v) is 15.4. The Labute approximate surface area is 147 Å². The van der Waals surface area contributed by atoms with Gasteiger partial charge in [0.1, 0.15) is 0 Å². The minimum atomic E-state index is -0.00757. The molecule has 0 saturated carbocycles. The van der Waals surface area contributed by atoms with E-state index in [0.717, 1.165) is 27.7 Å². The number of rotatable bonds is 2. The Morgan fingerprint density at radius 3 is 2.44 bits per heavy atom. The topological polar surface area (TPSA) is 50.7 Å². The molecule has 4 nitrogen and oxygen atoms in total. The first-order chi connectivity index (χ1) is 11.7. The second-order valence-electron chi connectivity index (χ2n) is 7.85. The third-order valence-corrected chi connectivity index (χ3v) is 4.38. The molecule has 4 heteroatoms. The van der Waals surface area contributed by atoms with E-state index in [-0.39, 0.29) is 11.1 Å². The summed E-state index contributed by atoms with van der Waals surface area (Å²) in [7, 11) is 1.80. The Bertz CT molecular complexity index is 1060. The first-order valence-electron chi connectivity index (χ1n) is 8.42. The normalized spacial score (nSPS) is 11.7. The number of benzene rings is 2. The average Bonchev–Trinajstić information content (AvgIpc) is 2.78. The van der Waals surface area contributed by atoms with Gasteiger partial charge in [0.05, 0.1) is 22.7 Å². The van der Waals surface area contributed by atoms with Gasteiger partial charge < -0.3 is 0 Å². The number of imidazole rings is 1. The summed E-state index contributed by atoms with van der Waals surface area (Å²) in [5, 5.41) is 9.41. The minimum absolute atomic E-state index is 0.00757. The largest absolute Gasteiger partial charge is 0.328 e. The van der Waals surface area contributed by atoms with Crippen molar-refractivity contribution in [1.29, 1.82) is 5.26 Å². The number of nitriles is 1. The highest BCUT2D eigenvalue weighted by Crippen LogP contribution is 2.28. The van der Waals surface area contributed by atoms with Gasteiger partial charge in [-0.05, 0) is 41.7 Å². The molecule has 128 valence electrons. The van der Waals surface area contributed by atoms with Crippen LogP contribution in [0.1, 0.15) is 31.9 Å². The molecule has 0 aliphatic heterocycles. The molecule has 0 spiro atoms. The number of aryl methyl sites for hydroxylation is 2. The van der Waals surface area contributed by atoms with Gasteiger partial charge in [0, 0.05) is 13.6 Å².